The summed E-state index contributed by atoms with van der Waals surface area (Å²) < 4.78 is 131. The van der Waals surface area contributed by atoms with Crippen LogP contribution in [0.1, 0.15) is 5.56 Å². The lowest BCUT2D eigenvalue weighted by molar-refractivity contribution is -0.290. The number of hydrogen-bond donors (Lipinski definition) is 0. The summed E-state index contributed by atoms with van der Waals surface area (Å²) in [5, 5.41) is -0.800. The normalized spacial score (nSPS) is 14.0. The molecule has 0 saturated carbocycles. The molecular formula is C17H10F8N3O4S-. The summed E-state index contributed by atoms with van der Waals surface area (Å²) in [4.78, 5) is 16.5. The second-order valence-electron chi connectivity index (χ2n) is 6.58. The van der Waals surface area contributed by atoms with Gasteiger partial charge in [-0.1, -0.05) is 0 Å². The van der Waals surface area contributed by atoms with E-state index in [1.54, 1.807) is 0 Å². The lowest BCUT2D eigenvalue weighted by Gasteiger charge is -2.20. The fourth-order valence-electron chi connectivity index (χ4n) is 2.72. The van der Waals surface area contributed by atoms with E-state index in [2.05, 4.69) is 9.72 Å². The van der Waals surface area contributed by atoms with Gasteiger partial charge in [-0.05, 0) is 35.3 Å². The maximum absolute atomic E-state index is 13.1. The van der Waals surface area contributed by atoms with Gasteiger partial charge in [0.2, 0.25) is 0 Å². The van der Waals surface area contributed by atoms with Crippen LogP contribution >= 0.6 is 0 Å². The molecule has 3 heterocycles. The Kier molecular flexibility index (Phi) is 6.04. The zero-order valence-electron chi connectivity index (χ0n) is 16.0. The summed E-state index contributed by atoms with van der Waals surface area (Å²) >= 11 is -3.19. The number of hydrogen-bond acceptors (Lipinski definition) is 5. The lowest BCUT2D eigenvalue weighted by Crippen LogP contribution is -2.42. The minimum absolute atomic E-state index is 0.260. The molecule has 0 bridgehead atoms. The minimum Gasteiger partial charge on any atom is -0.767 e. The molecule has 1 atom stereocenters. The molecule has 0 N–H and O–H groups in total. The molecule has 0 spiro atoms. The number of nitrogens with zero attached hydrogens (tertiary/aromatic N) is 3. The van der Waals surface area contributed by atoms with Crippen molar-refractivity contribution in [2.24, 2.45) is 7.05 Å². The van der Waals surface area contributed by atoms with Crippen molar-refractivity contribution in [2.75, 3.05) is 6.61 Å². The second kappa shape index (κ2) is 8.09. The quantitative estimate of drug-likeness (QED) is 0.392. The van der Waals surface area contributed by atoms with Crippen LogP contribution in [0.25, 0.3) is 16.9 Å². The Morgan fingerprint density at radius 1 is 1.06 bits per heavy atom. The highest BCUT2D eigenvalue weighted by atomic mass is 32.2. The molecule has 0 aliphatic carbocycles. The van der Waals surface area contributed by atoms with Gasteiger partial charge in [0.15, 0.2) is 12.5 Å². The Labute approximate surface area is 180 Å². The first-order valence-electron chi connectivity index (χ1n) is 8.51. The Morgan fingerprint density at radius 3 is 2.24 bits per heavy atom. The van der Waals surface area contributed by atoms with Crippen LogP contribution in [-0.2, 0) is 24.3 Å². The van der Waals surface area contributed by atoms with Gasteiger partial charge >= 0.3 is 18.3 Å². The van der Waals surface area contributed by atoms with E-state index in [1.807, 2.05) is 0 Å². The van der Waals surface area contributed by atoms with Crippen molar-refractivity contribution in [2.45, 2.75) is 23.3 Å². The first kappa shape index (κ1) is 24.6. The van der Waals surface area contributed by atoms with Crippen LogP contribution in [0.3, 0.4) is 0 Å². The Hall–Kier alpha value is -3.01. The first-order valence-corrected chi connectivity index (χ1v) is 9.58. The van der Waals surface area contributed by atoms with Gasteiger partial charge < -0.3 is 9.29 Å². The molecule has 7 nitrogen and oxygen atoms in total. The monoisotopic (exact) mass is 504 g/mol. The van der Waals surface area contributed by atoms with Crippen LogP contribution in [0.5, 0.6) is 5.88 Å². The predicted octanol–water partition coefficient (Wildman–Crippen LogP) is 3.53. The van der Waals surface area contributed by atoms with E-state index in [1.165, 1.54) is 0 Å². The highest BCUT2D eigenvalue weighted by Crippen LogP contribution is 2.36. The average molecular weight is 504 g/mol. The molecule has 180 valence electrons. The van der Waals surface area contributed by atoms with Gasteiger partial charge in [0.25, 0.3) is 5.56 Å². The molecule has 0 amide bonds. The molecule has 0 saturated heterocycles. The summed E-state index contributed by atoms with van der Waals surface area (Å²) in [6, 6.07) is 3.15. The SMILES string of the molecule is Cn1c(OCC(F)(F)C(F)(F)F)ccc(-c2nc3ccc(C(F)(F)F)cn3c2S(=O)[O-])c1=O. The molecule has 3 aromatic heterocycles. The van der Waals surface area contributed by atoms with Crippen molar-refractivity contribution in [3.8, 4) is 17.1 Å². The highest BCUT2D eigenvalue weighted by molar-refractivity contribution is 7.79. The smallest absolute Gasteiger partial charge is 0.456 e. The molecule has 0 aliphatic rings. The van der Waals surface area contributed by atoms with Crippen LogP contribution < -0.4 is 10.3 Å². The van der Waals surface area contributed by atoms with Crippen molar-refractivity contribution in [3.63, 3.8) is 0 Å². The van der Waals surface area contributed by atoms with E-state index in [-0.39, 0.29) is 5.65 Å². The van der Waals surface area contributed by atoms with Crippen molar-refractivity contribution in [1.29, 1.82) is 0 Å². The second-order valence-corrected chi connectivity index (χ2v) is 7.44. The van der Waals surface area contributed by atoms with Gasteiger partial charge in [-0.25, -0.2) is 4.98 Å². The molecule has 0 aromatic carbocycles. The van der Waals surface area contributed by atoms with Crippen LogP contribution in [0, 0.1) is 0 Å². The maximum Gasteiger partial charge on any atom is 0.456 e. The number of alkyl halides is 8. The number of pyridine rings is 2. The zero-order chi connectivity index (χ0) is 24.9. The van der Waals surface area contributed by atoms with Crippen LogP contribution in [0.4, 0.5) is 35.1 Å². The number of aromatic nitrogens is 3. The van der Waals surface area contributed by atoms with Gasteiger partial charge in [0.1, 0.15) is 16.4 Å². The summed E-state index contributed by atoms with van der Waals surface area (Å²) in [6.45, 7) is -2.13. The van der Waals surface area contributed by atoms with Crippen LogP contribution in [0.2, 0.25) is 0 Å². The standard InChI is InChI=1S/C17H11F8N3O4S/c1-27-11(32-7-15(18,19)17(23,24)25)5-3-9(13(27)29)12-14(33(30)31)28-6-8(16(20,21)22)2-4-10(28)26-12/h2-6H,7H2,1H3,(H,30,31)/p-1. The van der Waals surface area contributed by atoms with Gasteiger partial charge in [0.05, 0.1) is 11.1 Å². The molecule has 33 heavy (non-hydrogen) atoms. The molecule has 3 aromatic rings. The van der Waals surface area contributed by atoms with E-state index in [0.717, 1.165) is 25.2 Å². The summed E-state index contributed by atoms with van der Waals surface area (Å²) in [5.41, 5.74) is -3.62. The van der Waals surface area contributed by atoms with Gasteiger partial charge in [-0.3, -0.25) is 18.0 Å². The van der Waals surface area contributed by atoms with Crippen molar-refractivity contribution in [1.82, 2.24) is 14.0 Å². The fraction of sp³-hybridized carbons (Fsp3) is 0.294. The van der Waals surface area contributed by atoms with Crippen LogP contribution in [-0.4, -0.2) is 41.4 Å². The largest absolute Gasteiger partial charge is 0.767 e. The van der Waals surface area contributed by atoms with Crippen molar-refractivity contribution in [3.05, 3.63) is 46.4 Å². The van der Waals surface area contributed by atoms with E-state index in [4.69, 9.17) is 0 Å². The molecule has 0 radical (unpaired) electrons. The summed E-state index contributed by atoms with van der Waals surface area (Å²) in [5.74, 6) is -5.92. The zero-order valence-corrected chi connectivity index (χ0v) is 16.8. The number of imidazole rings is 1. The summed E-state index contributed by atoms with van der Waals surface area (Å²) in [6.07, 6.45) is -10.3. The number of rotatable bonds is 5. The molecule has 3 rings (SSSR count). The first-order chi connectivity index (χ1) is 15.0. The molecular weight excluding hydrogens is 494 g/mol. The predicted molar refractivity (Wildman–Crippen MR) is 94.6 cm³/mol. The molecule has 0 aliphatic heterocycles. The number of ether oxygens (including phenoxy) is 1. The highest BCUT2D eigenvalue weighted by Gasteiger charge is 2.58. The van der Waals surface area contributed by atoms with Gasteiger partial charge in [-0.2, -0.15) is 35.1 Å². The Morgan fingerprint density at radius 2 is 1.70 bits per heavy atom. The minimum atomic E-state index is -5.90. The molecule has 1 unspecified atom stereocenters. The van der Waals surface area contributed by atoms with Gasteiger partial charge in [-0.15, -0.1) is 0 Å². The number of fused-ring (bicyclic) bond motifs is 1. The third-order valence-corrected chi connectivity index (χ3v) is 5.10. The summed E-state index contributed by atoms with van der Waals surface area (Å²) in [7, 11) is 0.943. The maximum atomic E-state index is 13.1. The van der Waals surface area contributed by atoms with E-state index < -0.39 is 69.2 Å². The Bertz CT molecular complexity index is 1300. The van der Waals surface area contributed by atoms with Crippen LogP contribution in [0.15, 0.2) is 40.3 Å². The van der Waals surface area contributed by atoms with E-state index >= 15 is 0 Å². The lowest BCUT2D eigenvalue weighted by atomic mass is 10.2. The molecule has 16 heteroatoms. The van der Waals surface area contributed by atoms with Crippen molar-refractivity contribution < 1.29 is 48.6 Å². The van der Waals surface area contributed by atoms with E-state index in [9.17, 15) is 48.7 Å². The fourth-order valence-corrected chi connectivity index (χ4v) is 3.34. The third kappa shape index (κ3) is 4.57. The van der Waals surface area contributed by atoms with E-state index in [0.29, 0.717) is 21.2 Å². The van der Waals surface area contributed by atoms with Crippen molar-refractivity contribution >= 4 is 16.7 Å². The average Bonchev–Trinajstić information content (AvgIpc) is 3.06. The Balaban J connectivity index is 2.09. The molecule has 0 fully saturated rings. The van der Waals surface area contributed by atoms with Gasteiger partial charge in [0, 0.05) is 13.2 Å². The topological polar surface area (TPSA) is 88.7 Å². The third-order valence-electron chi connectivity index (χ3n) is 4.39. The number of halogens is 8.